The van der Waals surface area contributed by atoms with Crippen LogP contribution in [0.25, 0.3) is 6.08 Å². The van der Waals surface area contributed by atoms with Crippen LogP contribution in [0.15, 0.2) is 78.4 Å². The van der Waals surface area contributed by atoms with Gasteiger partial charge in [-0.2, -0.15) is 5.26 Å². The molecule has 0 spiro atoms. The molecule has 0 aliphatic carbocycles. The maximum absolute atomic E-state index is 12.7. The molecule has 1 N–H and O–H groups in total. The molecule has 0 aliphatic heterocycles. The molecule has 6 heteroatoms. The Morgan fingerprint density at radius 2 is 1.79 bits per heavy atom. The standard InChI is InChI=1S/C27H25ClN2O3/c1-3-32-26-16-21(11-14-25(26)33-18-20-9-12-24(28)13-10-20)15-23(17-29)27(31)30-19(2)22-7-5-4-6-8-22/h4-16,19H,3,18H2,1-2H3,(H,30,31)/b23-15+/t19-/m1/s1. The number of ether oxygens (including phenoxy) is 2. The van der Waals surface area contributed by atoms with E-state index in [1.807, 2.05) is 74.5 Å². The van der Waals surface area contributed by atoms with E-state index in [0.717, 1.165) is 11.1 Å². The van der Waals surface area contributed by atoms with Gasteiger partial charge < -0.3 is 14.8 Å². The number of nitriles is 1. The van der Waals surface area contributed by atoms with Crippen molar-refractivity contribution in [2.24, 2.45) is 0 Å². The van der Waals surface area contributed by atoms with Crippen molar-refractivity contribution < 1.29 is 14.3 Å². The summed E-state index contributed by atoms with van der Waals surface area (Å²) in [5.41, 5.74) is 2.61. The smallest absolute Gasteiger partial charge is 0.262 e. The fourth-order valence-electron chi connectivity index (χ4n) is 3.16. The van der Waals surface area contributed by atoms with Gasteiger partial charge >= 0.3 is 0 Å². The second kappa shape index (κ2) is 11.8. The minimum atomic E-state index is -0.435. The van der Waals surface area contributed by atoms with Gasteiger partial charge in [0.15, 0.2) is 11.5 Å². The highest BCUT2D eigenvalue weighted by Crippen LogP contribution is 2.30. The predicted molar refractivity (Wildman–Crippen MR) is 130 cm³/mol. The highest BCUT2D eigenvalue weighted by atomic mass is 35.5. The van der Waals surface area contributed by atoms with Crippen molar-refractivity contribution in [1.82, 2.24) is 5.32 Å². The number of carbonyl (C=O) groups excluding carboxylic acids is 1. The van der Waals surface area contributed by atoms with Crippen molar-refractivity contribution >= 4 is 23.6 Å². The zero-order valence-corrected chi connectivity index (χ0v) is 19.3. The van der Waals surface area contributed by atoms with E-state index < -0.39 is 5.91 Å². The van der Waals surface area contributed by atoms with Gasteiger partial charge in [-0.3, -0.25) is 4.79 Å². The maximum atomic E-state index is 12.7. The molecule has 0 saturated carbocycles. The fourth-order valence-corrected chi connectivity index (χ4v) is 3.28. The van der Waals surface area contributed by atoms with Crippen molar-refractivity contribution in [3.63, 3.8) is 0 Å². The molecule has 0 bridgehead atoms. The molecule has 3 aromatic rings. The van der Waals surface area contributed by atoms with Gasteiger partial charge in [0.1, 0.15) is 18.2 Å². The van der Waals surface area contributed by atoms with Gasteiger partial charge in [0.05, 0.1) is 12.6 Å². The summed E-state index contributed by atoms with van der Waals surface area (Å²) in [7, 11) is 0. The van der Waals surface area contributed by atoms with Crippen LogP contribution in [-0.2, 0) is 11.4 Å². The Morgan fingerprint density at radius 1 is 1.06 bits per heavy atom. The number of hydrogen-bond donors (Lipinski definition) is 1. The van der Waals surface area contributed by atoms with Crippen molar-refractivity contribution in [2.75, 3.05) is 6.61 Å². The Labute approximate surface area is 199 Å². The molecule has 168 valence electrons. The number of nitrogens with one attached hydrogen (secondary N) is 1. The van der Waals surface area contributed by atoms with Gasteiger partial charge in [-0.15, -0.1) is 0 Å². The summed E-state index contributed by atoms with van der Waals surface area (Å²) in [6.45, 7) is 4.56. The average Bonchev–Trinajstić information content (AvgIpc) is 2.83. The summed E-state index contributed by atoms with van der Waals surface area (Å²) in [5, 5.41) is 13.1. The molecule has 0 heterocycles. The first-order valence-electron chi connectivity index (χ1n) is 10.6. The summed E-state index contributed by atoms with van der Waals surface area (Å²) in [6.07, 6.45) is 1.54. The number of halogens is 1. The SMILES string of the molecule is CCOc1cc(/C=C(\C#N)C(=O)N[C@H](C)c2ccccc2)ccc1OCc1ccc(Cl)cc1. The van der Waals surface area contributed by atoms with Crippen LogP contribution in [0, 0.1) is 11.3 Å². The first-order valence-corrected chi connectivity index (χ1v) is 11.0. The molecule has 0 saturated heterocycles. The van der Waals surface area contributed by atoms with E-state index in [0.29, 0.717) is 35.3 Å². The predicted octanol–water partition coefficient (Wildman–Crippen LogP) is 6.10. The Morgan fingerprint density at radius 3 is 2.45 bits per heavy atom. The van der Waals surface area contributed by atoms with Crippen LogP contribution in [0.3, 0.4) is 0 Å². The average molecular weight is 461 g/mol. The lowest BCUT2D eigenvalue weighted by Gasteiger charge is -2.14. The topological polar surface area (TPSA) is 71.3 Å². The molecule has 1 amide bonds. The van der Waals surface area contributed by atoms with E-state index in [9.17, 15) is 10.1 Å². The number of hydrogen-bond acceptors (Lipinski definition) is 4. The molecular formula is C27H25ClN2O3. The van der Waals surface area contributed by atoms with E-state index in [1.165, 1.54) is 0 Å². The quantitative estimate of drug-likeness (QED) is 0.309. The molecule has 0 aromatic heterocycles. The van der Waals surface area contributed by atoms with Crippen LogP contribution < -0.4 is 14.8 Å². The molecule has 33 heavy (non-hydrogen) atoms. The van der Waals surface area contributed by atoms with Crippen molar-refractivity contribution in [1.29, 1.82) is 5.26 Å². The fraction of sp³-hybridized carbons (Fsp3) is 0.185. The van der Waals surface area contributed by atoms with Gasteiger partial charge in [0, 0.05) is 5.02 Å². The summed E-state index contributed by atoms with van der Waals surface area (Å²) < 4.78 is 11.6. The van der Waals surface area contributed by atoms with Crippen LogP contribution in [0.2, 0.25) is 5.02 Å². The lowest BCUT2D eigenvalue weighted by molar-refractivity contribution is -0.117. The summed E-state index contributed by atoms with van der Waals surface area (Å²) >= 11 is 5.93. The summed E-state index contributed by atoms with van der Waals surface area (Å²) in [6, 6.07) is 24.1. The summed E-state index contributed by atoms with van der Waals surface area (Å²) in [5.74, 6) is 0.676. The van der Waals surface area contributed by atoms with Crippen molar-refractivity contribution in [2.45, 2.75) is 26.5 Å². The molecule has 3 aromatic carbocycles. The third-order valence-electron chi connectivity index (χ3n) is 4.90. The molecule has 3 rings (SSSR count). The van der Waals surface area contributed by atoms with Gasteiger partial charge in [-0.1, -0.05) is 60.1 Å². The van der Waals surface area contributed by atoms with Crippen molar-refractivity contribution in [3.05, 3.63) is 100 Å². The lowest BCUT2D eigenvalue weighted by Crippen LogP contribution is -2.27. The molecule has 0 radical (unpaired) electrons. The number of amides is 1. The highest BCUT2D eigenvalue weighted by molar-refractivity contribution is 6.30. The first-order chi connectivity index (χ1) is 16.0. The highest BCUT2D eigenvalue weighted by Gasteiger charge is 2.14. The normalized spacial score (nSPS) is 11.9. The number of nitrogens with zero attached hydrogens (tertiary/aromatic N) is 1. The minimum absolute atomic E-state index is 0.00932. The van der Waals surface area contributed by atoms with Gasteiger partial charge in [0.25, 0.3) is 5.91 Å². The Kier molecular flexibility index (Phi) is 8.51. The van der Waals surface area contributed by atoms with Gasteiger partial charge in [0.2, 0.25) is 0 Å². The third kappa shape index (κ3) is 6.86. The third-order valence-corrected chi connectivity index (χ3v) is 5.15. The van der Waals surface area contributed by atoms with Crippen LogP contribution in [0.4, 0.5) is 0 Å². The van der Waals surface area contributed by atoms with Crippen molar-refractivity contribution in [3.8, 4) is 17.6 Å². The number of rotatable bonds is 9. The monoisotopic (exact) mass is 460 g/mol. The zero-order chi connectivity index (χ0) is 23.6. The second-order valence-electron chi connectivity index (χ2n) is 7.33. The second-order valence-corrected chi connectivity index (χ2v) is 7.77. The first kappa shape index (κ1) is 23.9. The molecule has 5 nitrogen and oxygen atoms in total. The Hall–Kier alpha value is -3.75. The van der Waals surface area contributed by atoms with Crippen LogP contribution in [0.1, 0.15) is 36.6 Å². The minimum Gasteiger partial charge on any atom is -0.490 e. The lowest BCUT2D eigenvalue weighted by atomic mass is 10.1. The van der Waals surface area contributed by atoms with Gasteiger partial charge in [-0.25, -0.2) is 0 Å². The Bertz CT molecular complexity index is 1150. The van der Waals surface area contributed by atoms with E-state index in [4.69, 9.17) is 21.1 Å². The van der Waals surface area contributed by atoms with E-state index >= 15 is 0 Å². The zero-order valence-electron chi connectivity index (χ0n) is 18.5. The largest absolute Gasteiger partial charge is 0.490 e. The van der Waals surface area contributed by atoms with Crippen LogP contribution >= 0.6 is 11.6 Å². The summed E-state index contributed by atoms with van der Waals surface area (Å²) in [4.78, 5) is 12.7. The van der Waals surface area contributed by atoms with Crippen LogP contribution in [-0.4, -0.2) is 12.5 Å². The van der Waals surface area contributed by atoms with Crippen LogP contribution in [0.5, 0.6) is 11.5 Å². The Balaban J connectivity index is 1.74. The maximum Gasteiger partial charge on any atom is 0.262 e. The van der Waals surface area contributed by atoms with E-state index in [-0.39, 0.29) is 11.6 Å². The molecule has 0 unspecified atom stereocenters. The number of carbonyl (C=O) groups is 1. The van der Waals surface area contributed by atoms with E-state index in [1.54, 1.807) is 24.3 Å². The van der Waals surface area contributed by atoms with Gasteiger partial charge in [-0.05, 0) is 60.9 Å². The molecule has 0 fully saturated rings. The number of benzene rings is 3. The van der Waals surface area contributed by atoms with E-state index in [2.05, 4.69) is 5.32 Å². The molecule has 0 aliphatic rings. The molecule has 1 atom stereocenters. The molecular weight excluding hydrogens is 436 g/mol.